The number of H-pyrrole nitrogens is 1. The molecule has 1 unspecified atom stereocenters. The largest absolute Gasteiger partial charge is 0.460 e. The molecule has 0 amide bonds. The Hall–Kier alpha value is -4.42. The summed E-state index contributed by atoms with van der Waals surface area (Å²) in [5.74, 6) is 0.0700. The van der Waals surface area contributed by atoms with E-state index in [0.717, 1.165) is 10.4 Å². The van der Waals surface area contributed by atoms with Gasteiger partial charge < -0.3 is 4.74 Å². The predicted molar refractivity (Wildman–Crippen MR) is 121 cm³/mol. The first-order valence-corrected chi connectivity index (χ1v) is 10.8. The zero-order chi connectivity index (χ0) is 22.6. The molecule has 5 rings (SSSR count). The van der Waals surface area contributed by atoms with Gasteiger partial charge >= 0.3 is 0 Å². The van der Waals surface area contributed by atoms with Gasteiger partial charge in [-0.15, -0.1) is 21.5 Å². The maximum Gasteiger partial charge on any atom is 0.234 e. The average molecular weight is 454 g/mol. The molecule has 5 aromatic rings. The minimum Gasteiger partial charge on any atom is -0.460 e. The van der Waals surface area contributed by atoms with Gasteiger partial charge in [0.25, 0.3) is 0 Å². The van der Waals surface area contributed by atoms with Crippen LogP contribution >= 0.6 is 11.3 Å². The molecule has 2 aromatic carbocycles. The highest BCUT2D eigenvalue weighted by molar-refractivity contribution is 7.13. The smallest absolute Gasteiger partial charge is 0.234 e. The van der Waals surface area contributed by atoms with Crippen LogP contribution in [0.5, 0.6) is 5.88 Å². The van der Waals surface area contributed by atoms with E-state index in [2.05, 4.69) is 31.7 Å². The third-order valence-electron chi connectivity index (χ3n) is 4.95. The number of nitrogens with one attached hydrogen (secondary N) is 1. The number of aromatic nitrogens is 5. The Morgan fingerprint density at radius 2 is 1.85 bits per heavy atom. The number of pyridine rings is 1. The quantitative estimate of drug-likeness (QED) is 0.380. The SMILES string of the molecule is N#Cc1c(-c2ccc(F)cc2)cc(-c2cccs2)nc1OC(c1ccccc1)c1nn[nH]n1. The molecule has 0 aliphatic rings. The number of nitriles is 1. The molecule has 7 nitrogen and oxygen atoms in total. The number of hydrogen-bond donors (Lipinski definition) is 1. The van der Waals surface area contributed by atoms with Gasteiger partial charge in [0, 0.05) is 11.1 Å². The van der Waals surface area contributed by atoms with Gasteiger partial charge in [0.1, 0.15) is 17.4 Å². The summed E-state index contributed by atoms with van der Waals surface area (Å²) < 4.78 is 19.9. The van der Waals surface area contributed by atoms with E-state index in [9.17, 15) is 9.65 Å². The molecule has 0 fully saturated rings. The van der Waals surface area contributed by atoms with E-state index in [1.807, 2.05) is 53.9 Å². The monoisotopic (exact) mass is 454 g/mol. The number of rotatable bonds is 6. The van der Waals surface area contributed by atoms with Crippen LogP contribution in [0, 0.1) is 17.1 Å². The molecule has 3 aromatic heterocycles. The van der Waals surface area contributed by atoms with E-state index in [0.29, 0.717) is 22.6 Å². The van der Waals surface area contributed by atoms with Crippen LogP contribution in [0.4, 0.5) is 4.39 Å². The first-order chi connectivity index (χ1) is 16.2. The lowest BCUT2D eigenvalue weighted by atomic mass is 10.00. The Bertz CT molecular complexity index is 1400. The first kappa shape index (κ1) is 20.5. The van der Waals surface area contributed by atoms with Gasteiger partial charge in [-0.2, -0.15) is 10.5 Å². The summed E-state index contributed by atoms with van der Waals surface area (Å²) in [7, 11) is 0. The van der Waals surface area contributed by atoms with E-state index < -0.39 is 6.10 Å². The molecule has 9 heteroatoms. The van der Waals surface area contributed by atoms with Crippen molar-refractivity contribution in [2.75, 3.05) is 0 Å². The van der Waals surface area contributed by atoms with Crippen molar-refractivity contribution < 1.29 is 9.13 Å². The molecule has 1 atom stereocenters. The fourth-order valence-electron chi connectivity index (χ4n) is 3.41. The van der Waals surface area contributed by atoms with E-state index >= 15 is 0 Å². The van der Waals surface area contributed by atoms with Crippen molar-refractivity contribution in [2.45, 2.75) is 6.10 Å². The molecular weight excluding hydrogens is 439 g/mol. The van der Waals surface area contributed by atoms with E-state index in [4.69, 9.17) is 4.74 Å². The maximum absolute atomic E-state index is 13.6. The number of tetrazole rings is 1. The Morgan fingerprint density at radius 1 is 1.03 bits per heavy atom. The van der Waals surface area contributed by atoms with Crippen LogP contribution in [-0.2, 0) is 0 Å². The molecule has 0 saturated heterocycles. The van der Waals surface area contributed by atoms with Crippen LogP contribution in [0.3, 0.4) is 0 Å². The number of hydrogen-bond acceptors (Lipinski definition) is 7. The number of nitrogens with zero attached hydrogens (tertiary/aromatic N) is 5. The predicted octanol–water partition coefficient (Wildman–Crippen LogP) is 5.17. The fourth-order valence-corrected chi connectivity index (χ4v) is 4.10. The second-order valence-corrected chi connectivity index (χ2v) is 7.96. The van der Waals surface area contributed by atoms with Crippen molar-refractivity contribution in [3.8, 4) is 33.6 Å². The molecule has 1 N–H and O–H groups in total. The van der Waals surface area contributed by atoms with Crippen LogP contribution in [0.2, 0.25) is 0 Å². The zero-order valence-electron chi connectivity index (χ0n) is 17.0. The van der Waals surface area contributed by atoms with Crippen LogP contribution in [-0.4, -0.2) is 25.6 Å². The summed E-state index contributed by atoms with van der Waals surface area (Å²) >= 11 is 1.52. The lowest BCUT2D eigenvalue weighted by Crippen LogP contribution is -2.13. The van der Waals surface area contributed by atoms with Crippen LogP contribution < -0.4 is 4.74 Å². The number of halogens is 1. The summed E-state index contributed by atoms with van der Waals surface area (Å²) in [6.45, 7) is 0. The average Bonchev–Trinajstić information content (AvgIpc) is 3.58. The van der Waals surface area contributed by atoms with Gasteiger partial charge in [-0.3, -0.25) is 0 Å². The van der Waals surface area contributed by atoms with Gasteiger partial charge in [0.05, 0.1) is 10.6 Å². The molecule has 0 aliphatic carbocycles. The molecule has 0 saturated carbocycles. The molecule has 0 aliphatic heterocycles. The maximum atomic E-state index is 13.6. The summed E-state index contributed by atoms with van der Waals surface area (Å²) in [4.78, 5) is 5.58. The van der Waals surface area contributed by atoms with Gasteiger partial charge in [-0.25, -0.2) is 9.37 Å². The number of thiophene rings is 1. The highest BCUT2D eigenvalue weighted by atomic mass is 32.1. The van der Waals surface area contributed by atoms with Crippen LogP contribution in [0.1, 0.15) is 23.1 Å². The van der Waals surface area contributed by atoms with Crippen molar-refractivity contribution in [3.63, 3.8) is 0 Å². The van der Waals surface area contributed by atoms with E-state index in [-0.39, 0.29) is 17.3 Å². The minimum absolute atomic E-state index is 0.126. The highest BCUT2D eigenvalue weighted by Crippen LogP contribution is 2.37. The van der Waals surface area contributed by atoms with Gasteiger partial charge in [-0.05, 0) is 35.2 Å². The molecule has 33 heavy (non-hydrogen) atoms. The zero-order valence-corrected chi connectivity index (χ0v) is 17.8. The van der Waals surface area contributed by atoms with Crippen molar-refractivity contribution in [1.82, 2.24) is 25.6 Å². The van der Waals surface area contributed by atoms with Crippen molar-refractivity contribution in [3.05, 3.63) is 101 Å². The second kappa shape index (κ2) is 8.98. The molecule has 3 heterocycles. The summed E-state index contributed by atoms with van der Waals surface area (Å²) in [6.07, 6.45) is -0.746. The highest BCUT2D eigenvalue weighted by Gasteiger charge is 2.25. The van der Waals surface area contributed by atoms with E-state index in [1.165, 1.54) is 23.5 Å². The number of ether oxygens (including phenoxy) is 1. The van der Waals surface area contributed by atoms with Gasteiger partial charge in [0.2, 0.25) is 11.7 Å². The van der Waals surface area contributed by atoms with Crippen LogP contribution in [0.15, 0.2) is 78.2 Å². The number of aromatic amines is 1. The van der Waals surface area contributed by atoms with E-state index in [1.54, 1.807) is 12.1 Å². The summed E-state index contributed by atoms with van der Waals surface area (Å²) in [6, 6.07) is 23.2. The topological polar surface area (TPSA) is 100 Å². The molecule has 0 spiro atoms. The fraction of sp³-hybridized carbons (Fsp3) is 0.0417. The summed E-state index contributed by atoms with van der Waals surface area (Å²) in [5.41, 5.74) is 2.90. The first-order valence-electron chi connectivity index (χ1n) is 9.93. The molecule has 160 valence electrons. The Morgan fingerprint density at radius 3 is 2.52 bits per heavy atom. The van der Waals surface area contributed by atoms with Crippen LogP contribution in [0.25, 0.3) is 21.7 Å². The Balaban J connectivity index is 1.68. The summed E-state index contributed by atoms with van der Waals surface area (Å²) in [5, 5.41) is 26.3. The number of benzene rings is 2. The van der Waals surface area contributed by atoms with Crippen molar-refractivity contribution >= 4 is 11.3 Å². The molecular formula is C24H15FN6OS. The lowest BCUT2D eigenvalue weighted by molar-refractivity contribution is 0.227. The van der Waals surface area contributed by atoms with Gasteiger partial charge in [-0.1, -0.05) is 53.7 Å². The molecule has 0 bridgehead atoms. The second-order valence-electron chi connectivity index (χ2n) is 7.01. The third-order valence-corrected chi connectivity index (χ3v) is 5.85. The molecule has 0 radical (unpaired) electrons. The van der Waals surface area contributed by atoms with Crippen molar-refractivity contribution in [1.29, 1.82) is 5.26 Å². The standard InChI is InChI=1S/C24H15FN6OS/c25-17-10-8-15(9-11-17)18-13-20(21-7-4-12-33-21)27-24(19(18)14-26)32-22(23-28-30-31-29-23)16-5-2-1-3-6-16/h1-13,22H,(H,28,29,30,31). The lowest BCUT2D eigenvalue weighted by Gasteiger charge is -2.18. The Labute approximate surface area is 192 Å². The van der Waals surface area contributed by atoms with Gasteiger partial charge in [0.15, 0.2) is 6.10 Å². The van der Waals surface area contributed by atoms with Crippen molar-refractivity contribution in [2.24, 2.45) is 0 Å². The minimum atomic E-state index is -0.746. The normalized spacial score (nSPS) is 11.6. The Kier molecular flexibility index (Phi) is 5.57. The third kappa shape index (κ3) is 4.20.